The first-order valence-corrected chi connectivity index (χ1v) is 17.6. The Kier molecular flexibility index (Phi) is 8.88. The van der Waals surface area contributed by atoms with E-state index in [2.05, 4.69) is 63.6 Å². The van der Waals surface area contributed by atoms with Crippen LogP contribution in [0.5, 0.6) is 5.75 Å². The first kappa shape index (κ1) is 31.7. The topological polar surface area (TPSA) is 129 Å². The van der Waals surface area contributed by atoms with Crippen LogP contribution in [0.4, 0.5) is 34.5 Å². The van der Waals surface area contributed by atoms with E-state index in [0.717, 1.165) is 62.2 Å². The van der Waals surface area contributed by atoms with Gasteiger partial charge in [-0.15, -0.1) is 0 Å². The number of ether oxygens (including phenoxy) is 1. The minimum atomic E-state index is -3.60. The third-order valence-corrected chi connectivity index (χ3v) is 10.3. The summed E-state index contributed by atoms with van der Waals surface area (Å²) in [5.41, 5.74) is 6.23. The molecule has 0 unspecified atom stereocenters. The summed E-state index contributed by atoms with van der Waals surface area (Å²) >= 11 is 0. The molecule has 1 aliphatic heterocycles. The number of hydrogen-bond acceptors (Lipinski definition) is 11. The number of piperidine rings is 1. The maximum atomic E-state index is 12.7. The van der Waals surface area contributed by atoms with Crippen LogP contribution in [-0.2, 0) is 16.4 Å². The van der Waals surface area contributed by atoms with E-state index in [1.54, 1.807) is 19.5 Å². The molecule has 4 aromatic rings. The SMILES string of the molecule is CCc1cc(Nc2ncc(C3CC3)c(Nc3ccc4nccnc4c3N(C)S(C)(=O)=O)n2)c(OC)cc1N1CCC(N(C)C)CC1. The van der Waals surface area contributed by atoms with E-state index in [1.165, 1.54) is 28.9 Å². The van der Waals surface area contributed by atoms with Gasteiger partial charge >= 0.3 is 0 Å². The lowest BCUT2D eigenvalue weighted by Crippen LogP contribution is -2.42. The molecule has 2 fully saturated rings. The normalized spacial score (nSPS) is 15.8. The standard InChI is InChI=1S/C33H43N9O3S/c1-7-21-18-27(29(45-5)19-28(21)42-16-12-23(13-17-42)40(2)3)38-33-36-20-24(22-8-9-22)32(39-33)37-26-11-10-25-30(35-15-14-34-25)31(26)41(4)46(6,43)44/h10-11,14-15,18-20,22-23H,7-9,12-13,16-17H2,1-6H3,(H2,36,37,38,39). The van der Waals surface area contributed by atoms with E-state index in [1.807, 2.05) is 18.3 Å². The van der Waals surface area contributed by atoms with Crippen LogP contribution in [0.2, 0.25) is 0 Å². The Morgan fingerprint density at radius 1 is 0.978 bits per heavy atom. The van der Waals surface area contributed by atoms with Crippen molar-refractivity contribution < 1.29 is 13.2 Å². The fraction of sp³-hybridized carbons (Fsp3) is 0.455. The summed E-state index contributed by atoms with van der Waals surface area (Å²) in [7, 11) is 3.92. The van der Waals surface area contributed by atoms with Crippen molar-refractivity contribution in [2.45, 2.75) is 51.0 Å². The monoisotopic (exact) mass is 645 g/mol. The second kappa shape index (κ2) is 12.9. The van der Waals surface area contributed by atoms with Crippen molar-refractivity contribution in [1.82, 2.24) is 24.8 Å². The maximum absolute atomic E-state index is 12.7. The fourth-order valence-electron chi connectivity index (χ4n) is 6.18. The molecule has 12 nitrogen and oxygen atoms in total. The van der Waals surface area contributed by atoms with Crippen molar-refractivity contribution >= 4 is 55.6 Å². The van der Waals surface area contributed by atoms with Gasteiger partial charge in [0.15, 0.2) is 0 Å². The van der Waals surface area contributed by atoms with Crippen LogP contribution < -0.4 is 24.6 Å². The van der Waals surface area contributed by atoms with Gasteiger partial charge in [0.05, 0.1) is 30.3 Å². The first-order valence-electron chi connectivity index (χ1n) is 15.8. The van der Waals surface area contributed by atoms with E-state index in [-0.39, 0.29) is 0 Å². The van der Waals surface area contributed by atoms with Crippen LogP contribution in [-0.4, -0.2) is 86.9 Å². The molecule has 6 rings (SSSR count). The zero-order valence-electron chi connectivity index (χ0n) is 27.4. The highest BCUT2D eigenvalue weighted by Crippen LogP contribution is 2.45. The molecule has 0 spiro atoms. The third-order valence-electron chi connectivity index (χ3n) is 9.08. The van der Waals surface area contributed by atoms with Crippen LogP contribution in [0.15, 0.2) is 42.9 Å². The molecule has 2 aliphatic rings. The van der Waals surface area contributed by atoms with Crippen molar-refractivity contribution in [2.24, 2.45) is 0 Å². The van der Waals surface area contributed by atoms with Crippen molar-refractivity contribution in [3.63, 3.8) is 0 Å². The molecule has 1 saturated carbocycles. The summed E-state index contributed by atoms with van der Waals surface area (Å²) < 4.78 is 32.5. The van der Waals surface area contributed by atoms with Crippen molar-refractivity contribution in [3.05, 3.63) is 54.0 Å². The highest BCUT2D eigenvalue weighted by Gasteiger charge is 2.29. The molecule has 1 aliphatic carbocycles. The molecule has 0 atom stereocenters. The van der Waals surface area contributed by atoms with E-state index < -0.39 is 10.0 Å². The lowest BCUT2D eigenvalue weighted by molar-refractivity contribution is 0.249. The zero-order chi connectivity index (χ0) is 32.6. The van der Waals surface area contributed by atoms with Gasteiger partial charge in [-0.1, -0.05) is 6.92 Å². The molecule has 0 amide bonds. The number of hydrogen-bond donors (Lipinski definition) is 2. The molecule has 2 aromatic heterocycles. The van der Waals surface area contributed by atoms with Gasteiger partial charge in [-0.05, 0) is 75.9 Å². The Morgan fingerprint density at radius 2 is 1.72 bits per heavy atom. The van der Waals surface area contributed by atoms with Gasteiger partial charge in [-0.25, -0.2) is 13.4 Å². The number of aryl methyl sites for hydroxylation is 1. The Bertz CT molecular complexity index is 1840. The molecular weight excluding hydrogens is 602 g/mol. The van der Waals surface area contributed by atoms with E-state index in [0.29, 0.717) is 46.1 Å². The predicted octanol–water partition coefficient (Wildman–Crippen LogP) is 5.28. The summed E-state index contributed by atoms with van der Waals surface area (Å²) in [6.07, 6.45) is 11.4. The lowest BCUT2D eigenvalue weighted by atomic mass is 10.0. The number of rotatable bonds is 11. The Morgan fingerprint density at radius 3 is 2.37 bits per heavy atom. The summed E-state index contributed by atoms with van der Waals surface area (Å²) in [5, 5.41) is 6.86. The summed E-state index contributed by atoms with van der Waals surface area (Å²) in [5.74, 6) is 2.08. The second-order valence-electron chi connectivity index (χ2n) is 12.4. The number of anilines is 6. The number of nitrogens with zero attached hydrogens (tertiary/aromatic N) is 7. The van der Waals surface area contributed by atoms with Gasteiger partial charge in [0.1, 0.15) is 22.8 Å². The average Bonchev–Trinajstić information content (AvgIpc) is 3.89. The number of aromatic nitrogens is 4. The molecule has 2 aromatic carbocycles. The van der Waals surface area contributed by atoms with Crippen LogP contribution in [0.25, 0.3) is 11.0 Å². The molecular formula is C33H43N9O3S. The van der Waals surface area contributed by atoms with Crippen LogP contribution >= 0.6 is 0 Å². The smallest absolute Gasteiger partial charge is 0.232 e. The number of fused-ring (bicyclic) bond motifs is 1. The van der Waals surface area contributed by atoms with Gasteiger partial charge in [-0.2, -0.15) is 4.98 Å². The highest BCUT2D eigenvalue weighted by atomic mass is 32.2. The fourth-order valence-corrected chi connectivity index (χ4v) is 6.70. The second-order valence-corrected chi connectivity index (χ2v) is 14.4. The van der Waals surface area contributed by atoms with E-state index >= 15 is 0 Å². The van der Waals surface area contributed by atoms with Crippen LogP contribution in [0.3, 0.4) is 0 Å². The largest absolute Gasteiger partial charge is 0.494 e. The van der Waals surface area contributed by atoms with Gasteiger partial charge in [0.25, 0.3) is 0 Å². The molecule has 1 saturated heterocycles. The summed E-state index contributed by atoms with van der Waals surface area (Å²) in [6, 6.07) is 8.50. The zero-order valence-corrected chi connectivity index (χ0v) is 28.2. The van der Waals surface area contributed by atoms with Crippen molar-refractivity contribution in [3.8, 4) is 5.75 Å². The molecule has 0 radical (unpaired) electrons. The molecule has 0 bridgehead atoms. The van der Waals surface area contributed by atoms with Gasteiger partial charge < -0.3 is 25.2 Å². The minimum Gasteiger partial charge on any atom is -0.494 e. The lowest BCUT2D eigenvalue weighted by Gasteiger charge is -2.37. The van der Waals surface area contributed by atoms with Gasteiger partial charge in [-0.3, -0.25) is 14.3 Å². The summed E-state index contributed by atoms with van der Waals surface area (Å²) in [4.78, 5) is 23.3. The minimum absolute atomic E-state index is 0.338. The molecule has 3 heterocycles. The molecule has 46 heavy (non-hydrogen) atoms. The number of sulfonamides is 1. The number of nitrogens with one attached hydrogen (secondary N) is 2. The Balaban J connectivity index is 1.34. The maximum Gasteiger partial charge on any atom is 0.232 e. The van der Waals surface area contributed by atoms with Gasteiger partial charge in [0.2, 0.25) is 16.0 Å². The van der Waals surface area contributed by atoms with Gasteiger partial charge in [0, 0.05) is 62.1 Å². The van der Waals surface area contributed by atoms with E-state index in [9.17, 15) is 8.42 Å². The van der Waals surface area contributed by atoms with Crippen molar-refractivity contribution in [1.29, 1.82) is 0 Å². The average molecular weight is 646 g/mol. The first-order chi connectivity index (χ1) is 22.1. The number of methoxy groups -OCH3 is 1. The van der Waals surface area contributed by atoms with E-state index in [4.69, 9.17) is 14.7 Å². The van der Waals surface area contributed by atoms with Crippen molar-refractivity contribution in [2.75, 3.05) is 67.4 Å². The quantitative estimate of drug-likeness (QED) is 0.221. The molecule has 244 valence electrons. The third kappa shape index (κ3) is 6.52. The van der Waals surface area contributed by atoms with Crippen LogP contribution in [0.1, 0.15) is 49.7 Å². The summed E-state index contributed by atoms with van der Waals surface area (Å²) in [6.45, 7) is 4.18. The molecule has 13 heteroatoms. The Hall–Kier alpha value is -4.23. The predicted molar refractivity (Wildman–Crippen MR) is 185 cm³/mol. The Labute approximate surface area is 271 Å². The molecule has 2 N–H and O–H groups in total. The van der Waals surface area contributed by atoms with Crippen LogP contribution in [0, 0.1) is 0 Å². The highest BCUT2D eigenvalue weighted by molar-refractivity contribution is 7.92. The number of benzene rings is 2.